The number of hydrogen-bond donors (Lipinski definition) is 6. The number of nitrogens with two attached hydrogens (primary N) is 3. The van der Waals surface area contributed by atoms with Gasteiger partial charge in [0, 0.05) is 49.9 Å². The summed E-state index contributed by atoms with van der Waals surface area (Å²) < 4.78 is 44.0. The Morgan fingerprint density at radius 2 is 1.19 bits per heavy atom. The number of imidazole rings is 2. The van der Waals surface area contributed by atoms with Crippen molar-refractivity contribution in [2.24, 2.45) is 16.6 Å². The van der Waals surface area contributed by atoms with Gasteiger partial charge in [0.15, 0.2) is 0 Å². The second-order valence-corrected chi connectivity index (χ2v) is 17.4. The molecule has 0 aliphatic carbocycles. The maximum Gasteiger partial charge on any atom is 0.276 e. The molecule has 360 valence electrons. The Morgan fingerprint density at radius 3 is 1.65 bits per heavy atom. The van der Waals surface area contributed by atoms with E-state index in [1.54, 1.807) is 44.5 Å². The van der Waals surface area contributed by atoms with Crippen LogP contribution in [0.4, 0.5) is 11.9 Å². The first-order chi connectivity index (χ1) is 32.5. The van der Waals surface area contributed by atoms with Crippen molar-refractivity contribution in [3.05, 3.63) is 94.6 Å². The summed E-state index contributed by atoms with van der Waals surface area (Å²) in [5.41, 5.74) is 15.3. The van der Waals surface area contributed by atoms with Crippen LogP contribution >= 0.6 is 0 Å². The molecule has 0 unspecified atom stereocenters. The van der Waals surface area contributed by atoms with Crippen LogP contribution in [0.1, 0.15) is 79.8 Å². The number of carbonyl (C=O) groups is 4. The Morgan fingerprint density at radius 1 is 0.721 bits per heavy atom. The Labute approximate surface area is 391 Å². The molecule has 6 aromatic rings. The lowest BCUT2D eigenvalue weighted by Gasteiger charge is -2.30. The molecule has 68 heavy (non-hydrogen) atoms. The normalized spacial score (nSPS) is 13.9. The fraction of sp³-hybridized carbons (Fsp3) is 0.364. The van der Waals surface area contributed by atoms with Crippen LogP contribution in [0.3, 0.4) is 0 Å². The third kappa shape index (κ3) is 11.1. The van der Waals surface area contributed by atoms with Crippen molar-refractivity contribution in [1.29, 1.82) is 0 Å². The molecular weight excluding hydrogens is 899 g/mol. The molecule has 23 nitrogen and oxygen atoms in total. The quantitative estimate of drug-likeness (QED) is 0.0601. The predicted molar refractivity (Wildman–Crippen MR) is 254 cm³/mol. The predicted octanol–water partition coefficient (Wildman–Crippen LogP) is 2.60. The van der Waals surface area contributed by atoms with Crippen molar-refractivity contribution in [3.63, 3.8) is 0 Å². The zero-order chi connectivity index (χ0) is 48.9. The third-order valence-electron chi connectivity index (χ3n) is 11.2. The average molecular weight is 954 g/mol. The smallest absolute Gasteiger partial charge is 0.276 e. The molecule has 4 amide bonds. The monoisotopic (exact) mass is 953 g/mol. The number of nitrogens with one attached hydrogen (secondary N) is 3. The number of hydrogen-bond acceptors (Lipinski definition) is 13. The SMILES string of the molecule is CCn1nc(C)cc1C(=O)Nc1nc2cc(C(N)=O)cc(OC)c2n1C/C=C/Cn1c(NC(=O)c2cc(C)nn2CC)nc2cc(C(N)=O)cc(OC/C=C/CN3CCC(NS(N)(=O)=O)CC3)c21. The highest BCUT2D eigenvalue weighted by atomic mass is 32.2. The number of rotatable bonds is 20. The van der Waals surface area contributed by atoms with Crippen molar-refractivity contribution in [1.82, 2.24) is 48.3 Å². The minimum absolute atomic E-state index is 0.0958. The molecule has 24 heteroatoms. The summed E-state index contributed by atoms with van der Waals surface area (Å²) in [5, 5.41) is 19.8. The average Bonchev–Trinajstić information content (AvgIpc) is 4.06. The number of nitrogens with zero attached hydrogens (tertiary/aromatic N) is 9. The van der Waals surface area contributed by atoms with Crippen LogP contribution in [-0.2, 0) is 36.4 Å². The summed E-state index contributed by atoms with van der Waals surface area (Å²) in [5.74, 6) is -1.45. The van der Waals surface area contributed by atoms with Gasteiger partial charge in [0.05, 0.1) is 29.5 Å². The van der Waals surface area contributed by atoms with Crippen molar-refractivity contribution in [3.8, 4) is 11.5 Å². The number of methoxy groups -OCH3 is 1. The van der Waals surface area contributed by atoms with Gasteiger partial charge >= 0.3 is 0 Å². The van der Waals surface area contributed by atoms with E-state index in [1.807, 2.05) is 38.2 Å². The number of primary amides is 2. The van der Waals surface area contributed by atoms with E-state index in [0.717, 1.165) is 0 Å². The third-order valence-corrected chi connectivity index (χ3v) is 11.9. The Hall–Kier alpha value is -7.41. The maximum atomic E-state index is 13.9. The van der Waals surface area contributed by atoms with E-state index in [4.69, 9.17) is 36.0 Å². The van der Waals surface area contributed by atoms with Gasteiger partial charge in [-0.2, -0.15) is 23.3 Å². The van der Waals surface area contributed by atoms with E-state index < -0.39 is 33.8 Å². The highest BCUT2D eigenvalue weighted by Gasteiger charge is 2.25. The molecule has 0 bridgehead atoms. The molecule has 4 aromatic heterocycles. The van der Waals surface area contributed by atoms with Crippen LogP contribution in [0.15, 0.2) is 60.7 Å². The van der Waals surface area contributed by atoms with Gasteiger partial charge in [0.25, 0.3) is 22.0 Å². The fourth-order valence-corrected chi connectivity index (χ4v) is 8.78. The Bertz CT molecular complexity index is 3060. The number of ether oxygens (including phenoxy) is 2. The fourth-order valence-electron chi connectivity index (χ4n) is 8.08. The van der Waals surface area contributed by atoms with Crippen molar-refractivity contribution >= 4 is 67.8 Å². The summed E-state index contributed by atoms with van der Waals surface area (Å²) in [6, 6.07) is 9.20. The van der Waals surface area contributed by atoms with Crippen molar-refractivity contribution < 1.29 is 37.1 Å². The second kappa shape index (κ2) is 20.6. The Kier molecular flexibility index (Phi) is 14.7. The molecule has 7 rings (SSSR count). The number of aryl methyl sites for hydroxylation is 4. The van der Waals surface area contributed by atoms with Gasteiger partial charge in [0.2, 0.25) is 23.7 Å². The standard InChI is InChI=1S/C44H55N15O8S/c1-6-58-33(20-26(3)52-58)41(62)50-43-48-31-22-28(39(45)60)24-35(66-5)37(31)56(43)15-8-9-16-57-38-32(49-44(57)51-42(63)34-21-27(4)53-59(34)7-2)23-29(40(46)61)25-36(38)67-19-11-10-14-55-17-12-30(13-18-55)54-68(47,64)65/h8-11,20-25,30,54H,6-7,12-19H2,1-5H3,(H2,45,60)(H2,46,61)(H2,47,64,65)(H,48,50,62)(H,49,51,63)/b9-8+,11-10+. The Balaban J connectivity index is 1.21. The molecule has 0 atom stereocenters. The van der Waals surface area contributed by atoms with Gasteiger partial charge in [-0.25, -0.2) is 15.1 Å². The van der Waals surface area contributed by atoms with E-state index >= 15 is 0 Å². The number of allylic oxidation sites excluding steroid dienone is 2. The first-order valence-electron chi connectivity index (χ1n) is 21.9. The van der Waals surface area contributed by atoms with Gasteiger partial charge in [-0.15, -0.1) is 0 Å². The summed E-state index contributed by atoms with van der Waals surface area (Å²) in [7, 11) is -2.33. The lowest BCUT2D eigenvalue weighted by molar-refractivity contribution is 0.0991. The second-order valence-electron chi connectivity index (χ2n) is 16.1. The van der Waals surface area contributed by atoms with E-state index in [-0.39, 0.29) is 54.5 Å². The van der Waals surface area contributed by atoms with Crippen LogP contribution in [0.25, 0.3) is 22.1 Å². The summed E-state index contributed by atoms with van der Waals surface area (Å²) in [6.07, 6.45) is 8.64. The van der Waals surface area contributed by atoms with Crippen LogP contribution in [0.5, 0.6) is 11.5 Å². The van der Waals surface area contributed by atoms with Crippen LogP contribution < -0.4 is 41.4 Å². The lowest BCUT2D eigenvalue weighted by Crippen LogP contribution is -2.46. The zero-order valence-electron chi connectivity index (χ0n) is 38.4. The van der Waals surface area contributed by atoms with E-state index in [0.29, 0.717) is 96.2 Å². The van der Waals surface area contributed by atoms with Crippen LogP contribution in [0.2, 0.25) is 0 Å². The molecule has 1 saturated heterocycles. The number of amides is 4. The molecule has 9 N–H and O–H groups in total. The molecule has 1 aliphatic heterocycles. The molecule has 0 saturated carbocycles. The topological polar surface area (TPSA) is 310 Å². The number of benzene rings is 2. The van der Waals surface area contributed by atoms with Gasteiger partial charge in [-0.05, 0) is 90.0 Å². The molecule has 5 heterocycles. The molecule has 1 aliphatic rings. The molecule has 0 radical (unpaired) electrons. The number of fused-ring (bicyclic) bond motifs is 2. The minimum atomic E-state index is -3.78. The van der Waals surface area contributed by atoms with Crippen LogP contribution in [0, 0.1) is 13.8 Å². The largest absolute Gasteiger partial charge is 0.494 e. The lowest BCUT2D eigenvalue weighted by atomic mass is 10.1. The van der Waals surface area contributed by atoms with Gasteiger partial charge in [0.1, 0.15) is 40.5 Å². The van der Waals surface area contributed by atoms with Gasteiger partial charge < -0.3 is 30.1 Å². The molecule has 1 fully saturated rings. The molecule has 2 aromatic carbocycles. The molecular formula is C44H55N15O8S. The van der Waals surface area contributed by atoms with Crippen molar-refractivity contribution in [2.75, 3.05) is 44.0 Å². The van der Waals surface area contributed by atoms with E-state index in [1.165, 1.54) is 31.4 Å². The molecule has 0 spiro atoms. The number of anilines is 2. The summed E-state index contributed by atoms with van der Waals surface area (Å²) >= 11 is 0. The zero-order valence-corrected chi connectivity index (χ0v) is 39.2. The summed E-state index contributed by atoms with van der Waals surface area (Å²) in [4.78, 5) is 64.1. The van der Waals surface area contributed by atoms with E-state index in [9.17, 15) is 27.6 Å². The van der Waals surface area contributed by atoms with Crippen molar-refractivity contribution in [2.45, 2.75) is 72.8 Å². The minimum Gasteiger partial charge on any atom is -0.494 e. The van der Waals surface area contributed by atoms with Gasteiger partial charge in [-0.1, -0.05) is 24.3 Å². The van der Waals surface area contributed by atoms with Crippen LogP contribution in [-0.4, -0.2) is 115 Å². The number of likely N-dealkylation sites (tertiary alicyclic amines) is 1. The maximum absolute atomic E-state index is 13.9. The highest BCUT2D eigenvalue weighted by Crippen LogP contribution is 2.33. The number of aromatic nitrogens is 8. The number of carbonyl (C=O) groups excluding carboxylic acids is 4. The summed E-state index contributed by atoms with van der Waals surface area (Å²) in [6.45, 7) is 10.5. The first kappa shape index (κ1) is 48.5. The first-order valence-corrected chi connectivity index (χ1v) is 23.4. The van der Waals surface area contributed by atoms with E-state index in [2.05, 4.69) is 30.5 Å². The van der Waals surface area contributed by atoms with Gasteiger partial charge in [-0.3, -0.25) is 44.1 Å². The number of piperidine rings is 1. The highest BCUT2D eigenvalue weighted by molar-refractivity contribution is 7.87.